The standard InChI is InChI=1S/C12H17N3S/c13-5-1-2-7-15-8-6-14-12(15)10-11-4-3-9-16-11/h3-4,6,8-9H,1-2,5,7,10,13H2. The summed E-state index contributed by atoms with van der Waals surface area (Å²) in [7, 11) is 0. The minimum absolute atomic E-state index is 0.773. The van der Waals surface area contributed by atoms with E-state index in [-0.39, 0.29) is 0 Å². The predicted molar refractivity (Wildman–Crippen MR) is 67.6 cm³/mol. The molecule has 0 bridgehead atoms. The predicted octanol–water partition coefficient (Wildman–Crippen LogP) is 2.27. The molecule has 0 fully saturated rings. The number of aryl methyl sites for hydroxylation is 1. The molecule has 2 heterocycles. The summed E-state index contributed by atoms with van der Waals surface area (Å²) in [5.41, 5.74) is 5.49. The van der Waals surface area contributed by atoms with Gasteiger partial charge in [0.15, 0.2) is 0 Å². The van der Waals surface area contributed by atoms with Crippen LogP contribution >= 0.6 is 11.3 Å². The lowest BCUT2D eigenvalue weighted by Crippen LogP contribution is -2.06. The number of thiophene rings is 1. The Morgan fingerprint density at radius 3 is 3.06 bits per heavy atom. The van der Waals surface area contributed by atoms with Gasteiger partial charge in [0.2, 0.25) is 0 Å². The molecule has 2 rings (SSSR count). The number of hydrogen-bond acceptors (Lipinski definition) is 3. The van der Waals surface area contributed by atoms with E-state index < -0.39 is 0 Å². The first-order valence-corrected chi connectivity index (χ1v) is 6.50. The Hall–Kier alpha value is -1.13. The molecular formula is C12H17N3S. The number of aromatic nitrogens is 2. The molecule has 0 aliphatic carbocycles. The number of rotatable bonds is 6. The first kappa shape index (κ1) is 11.4. The molecule has 4 heteroatoms. The Balaban J connectivity index is 1.96. The minimum Gasteiger partial charge on any atom is -0.335 e. The van der Waals surface area contributed by atoms with Crippen LogP contribution in [-0.2, 0) is 13.0 Å². The van der Waals surface area contributed by atoms with Crippen LogP contribution in [0.4, 0.5) is 0 Å². The maximum absolute atomic E-state index is 5.49. The van der Waals surface area contributed by atoms with E-state index in [1.54, 1.807) is 11.3 Å². The second-order valence-electron chi connectivity index (χ2n) is 3.79. The largest absolute Gasteiger partial charge is 0.335 e. The van der Waals surface area contributed by atoms with E-state index in [0.29, 0.717) is 0 Å². The van der Waals surface area contributed by atoms with Gasteiger partial charge >= 0.3 is 0 Å². The van der Waals surface area contributed by atoms with Crippen molar-refractivity contribution in [3.63, 3.8) is 0 Å². The van der Waals surface area contributed by atoms with E-state index in [0.717, 1.165) is 38.2 Å². The highest BCUT2D eigenvalue weighted by atomic mass is 32.1. The number of unbranched alkanes of at least 4 members (excludes halogenated alkanes) is 1. The Morgan fingerprint density at radius 2 is 2.31 bits per heavy atom. The van der Waals surface area contributed by atoms with Crippen LogP contribution in [0.25, 0.3) is 0 Å². The van der Waals surface area contributed by atoms with Crippen LogP contribution in [0.5, 0.6) is 0 Å². The van der Waals surface area contributed by atoms with Crippen molar-refractivity contribution in [3.05, 3.63) is 40.6 Å². The van der Waals surface area contributed by atoms with Crippen LogP contribution in [0.15, 0.2) is 29.9 Å². The molecule has 0 unspecified atom stereocenters. The summed E-state index contributed by atoms with van der Waals surface area (Å²) in [6, 6.07) is 4.24. The van der Waals surface area contributed by atoms with Gasteiger partial charge < -0.3 is 10.3 Å². The van der Waals surface area contributed by atoms with Gasteiger partial charge in [0, 0.05) is 30.2 Å². The quantitative estimate of drug-likeness (QED) is 0.781. The van der Waals surface area contributed by atoms with Crippen LogP contribution in [0, 0.1) is 0 Å². The zero-order valence-electron chi connectivity index (χ0n) is 9.30. The Kier molecular flexibility index (Phi) is 4.13. The maximum Gasteiger partial charge on any atom is 0.113 e. The van der Waals surface area contributed by atoms with Gasteiger partial charge in [-0.15, -0.1) is 11.3 Å². The second kappa shape index (κ2) is 5.82. The highest BCUT2D eigenvalue weighted by Crippen LogP contribution is 2.14. The van der Waals surface area contributed by atoms with Crippen molar-refractivity contribution in [2.24, 2.45) is 5.73 Å². The van der Waals surface area contributed by atoms with E-state index in [1.807, 2.05) is 6.20 Å². The van der Waals surface area contributed by atoms with Crippen molar-refractivity contribution in [2.75, 3.05) is 6.54 Å². The first-order valence-electron chi connectivity index (χ1n) is 5.62. The molecule has 0 saturated carbocycles. The third-order valence-electron chi connectivity index (χ3n) is 2.57. The third kappa shape index (κ3) is 2.93. The van der Waals surface area contributed by atoms with E-state index in [2.05, 4.69) is 33.3 Å². The summed E-state index contributed by atoms with van der Waals surface area (Å²) in [5.74, 6) is 1.15. The lowest BCUT2D eigenvalue weighted by Gasteiger charge is -2.06. The Labute approximate surface area is 99.9 Å². The molecule has 0 aliphatic heterocycles. The van der Waals surface area contributed by atoms with Crippen molar-refractivity contribution < 1.29 is 0 Å². The highest BCUT2D eigenvalue weighted by Gasteiger charge is 2.04. The molecule has 2 N–H and O–H groups in total. The summed E-state index contributed by atoms with van der Waals surface area (Å²) in [5, 5.41) is 2.11. The van der Waals surface area contributed by atoms with Crippen molar-refractivity contribution in [3.8, 4) is 0 Å². The fourth-order valence-electron chi connectivity index (χ4n) is 1.71. The van der Waals surface area contributed by atoms with Crippen molar-refractivity contribution in [1.82, 2.24) is 9.55 Å². The lowest BCUT2D eigenvalue weighted by atomic mass is 10.3. The summed E-state index contributed by atoms with van der Waals surface area (Å²) < 4.78 is 2.23. The molecule has 2 aromatic rings. The van der Waals surface area contributed by atoms with Crippen LogP contribution in [-0.4, -0.2) is 16.1 Å². The van der Waals surface area contributed by atoms with E-state index in [1.165, 1.54) is 4.88 Å². The second-order valence-corrected chi connectivity index (χ2v) is 4.82. The molecule has 0 saturated heterocycles. The lowest BCUT2D eigenvalue weighted by molar-refractivity contribution is 0.596. The van der Waals surface area contributed by atoms with Crippen LogP contribution in [0.1, 0.15) is 23.5 Å². The summed E-state index contributed by atoms with van der Waals surface area (Å²) >= 11 is 1.78. The molecule has 86 valence electrons. The van der Waals surface area contributed by atoms with Gasteiger partial charge in [-0.05, 0) is 30.8 Å². The summed E-state index contributed by atoms with van der Waals surface area (Å²) in [6.45, 7) is 1.80. The molecule has 0 atom stereocenters. The topological polar surface area (TPSA) is 43.8 Å². The molecule has 2 aromatic heterocycles. The van der Waals surface area contributed by atoms with Gasteiger partial charge in [-0.2, -0.15) is 0 Å². The van der Waals surface area contributed by atoms with Crippen molar-refractivity contribution in [1.29, 1.82) is 0 Å². The van der Waals surface area contributed by atoms with Crippen LogP contribution in [0.2, 0.25) is 0 Å². The SMILES string of the molecule is NCCCCn1ccnc1Cc1cccs1. The van der Waals surface area contributed by atoms with Gasteiger partial charge in [-0.3, -0.25) is 0 Å². The van der Waals surface area contributed by atoms with Crippen LogP contribution in [0.3, 0.4) is 0 Å². The molecule has 0 aromatic carbocycles. The van der Waals surface area contributed by atoms with Gasteiger partial charge in [0.05, 0.1) is 0 Å². The fourth-order valence-corrected chi connectivity index (χ4v) is 2.41. The monoisotopic (exact) mass is 235 g/mol. The zero-order chi connectivity index (χ0) is 11.2. The summed E-state index contributed by atoms with van der Waals surface area (Å²) in [6.07, 6.45) is 7.08. The number of nitrogens with two attached hydrogens (primary N) is 1. The first-order chi connectivity index (χ1) is 7.90. The van der Waals surface area contributed by atoms with Crippen LogP contribution < -0.4 is 5.73 Å². The fraction of sp³-hybridized carbons (Fsp3) is 0.417. The minimum atomic E-state index is 0.773. The highest BCUT2D eigenvalue weighted by molar-refractivity contribution is 7.09. The molecule has 0 aliphatic rings. The van der Waals surface area contributed by atoms with Gasteiger partial charge in [0.1, 0.15) is 5.82 Å². The Morgan fingerprint density at radius 1 is 1.38 bits per heavy atom. The smallest absolute Gasteiger partial charge is 0.113 e. The molecule has 0 radical (unpaired) electrons. The Bertz CT molecular complexity index is 406. The number of imidazole rings is 1. The molecule has 0 spiro atoms. The van der Waals surface area contributed by atoms with E-state index in [9.17, 15) is 0 Å². The molecule has 16 heavy (non-hydrogen) atoms. The van der Waals surface area contributed by atoms with Gasteiger partial charge in [-0.1, -0.05) is 6.07 Å². The molecule has 3 nitrogen and oxygen atoms in total. The number of nitrogens with zero attached hydrogens (tertiary/aromatic N) is 2. The van der Waals surface area contributed by atoms with Crippen molar-refractivity contribution >= 4 is 11.3 Å². The molecular weight excluding hydrogens is 218 g/mol. The average molecular weight is 235 g/mol. The molecule has 0 amide bonds. The van der Waals surface area contributed by atoms with Gasteiger partial charge in [-0.25, -0.2) is 4.98 Å². The maximum atomic E-state index is 5.49. The average Bonchev–Trinajstić information content (AvgIpc) is 2.92. The summed E-state index contributed by atoms with van der Waals surface area (Å²) in [4.78, 5) is 5.78. The zero-order valence-corrected chi connectivity index (χ0v) is 10.1. The normalized spacial score (nSPS) is 10.8. The van der Waals surface area contributed by atoms with E-state index in [4.69, 9.17) is 5.73 Å². The van der Waals surface area contributed by atoms with Crippen molar-refractivity contribution in [2.45, 2.75) is 25.8 Å². The van der Waals surface area contributed by atoms with E-state index >= 15 is 0 Å². The third-order valence-corrected chi connectivity index (χ3v) is 3.44. The van der Waals surface area contributed by atoms with Gasteiger partial charge in [0.25, 0.3) is 0 Å². The number of hydrogen-bond donors (Lipinski definition) is 1.